The number of nitrogens with zero attached hydrogens (tertiary/aromatic N) is 2. The number of hydrogen-bond donors (Lipinski definition) is 3. The fourth-order valence-electron chi connectivity index (χ4n) is 4.09. The van der Waals surface area contributed by atoms with Crippen molar-refractivity contribution in [2.24, 2.45) is 5.92 Å². The fraction of sp³-hybridized carbons (Fsp3) is 0.542. The van der Waals surface area contributed by atoms with Crippen molar-refractivity contribution in [3.63, 3.8) is 0 Å². The molecule has 1 aromatic carbocycles. The first-order valence-corrected chi connectivity index (χ1v) is 11.8. The van der Waals surface area contributed by atoms with Crippen LogP contribution in [0.5, 0.6) is 0 Å². The number of aryl methyl sites for hydroxylation is 1. The van der Waals surface area contributed by atoms with Crippen molar-refractivity contribution in [3.8, 4) is 0 Å². The Balaban J connectivity index is 1.60. The Morgan fingerprint density at radius 3 is 2.54 bits per heavy atom. The molecule has 0 aliphatic carbocycles. The molecular formula is C24H33N5O6. The highest BCUT2D eigenvalue weighted by atomic mass is 16.6. The summed E-state index contributed by atoms with van der Waals surface area (Å²) >= 11 is 0. The number of piperidine rings is 1. The summed E-state index contributed by atoms with van der Waals surface area (Å²) in [7, 11) is 0. The van der Waals surface area contributed by atoms with E-state index in [2.05, 4.69) is 15.6 Å². The Bertz CT molecular complexity index is 1230. The quantitative estimate of drug-likeness (QED) is 0.413. The van der Waals surface area contributed by atoms with Crippen molar-refractivity contribution in [1.29, 1.82) is 0 Å². The molecule has 0 radical (unpaired) electrons. The van der Waals surface area contributed by atoms with Gasteiger partial charge < -0.3 is 29.8 Å². The predicted molar refractivity (Wildman–Crippen MR) is 130 cm³/mol. The Hall–Kier alpha value is -3.63. The van der Waals surface area contributed by atoms with Gasteiger partial charge in [-0.15, -0.1) is 0 Å². The van der Waals surface area contributed by atoms with Gasteiger partial charge in [0.1, 0.15) is 5.60 Å². The van der Waals surface area contributed by atoms with Crippen molar-refractivity contribution >= 4 is 28.9 Å². The van der Waals surface area contributed by atoms with Crippen LogP contribution in [0.4, 0.5) is 4.79 Å². The number of aromatic nitrogens is 2. The molecule has 1 aliphatic heterocycles. The van der Waals surface area contributed by atoms with Crippen LogP contribution in [0.1, 0.15) is 50.9 Å². The van der Waals surface area contributed by atoms with Gasteiger partial charge in [0.2, 0.25) is 5.91 Å². The third kappa shape index (κ3) is 6.49. The lowest BCUT2D eigenvalue weighted by Gasteiger charge is -2.32. The number of fused-ring (bicyclic) bond motifs is 1. The van der Waals surface area contributed by atoms with Crippen molar-refractivity contribution < 1.29 is 19.1 Å². The van der Waals surface area contributed by atoms with Crippen LogP contribution < -0.4 is 21.8 Å². The number of carbonyl (C=O) groups is 3. The van der Waals surface area contributed by atoms with E-state index in [4.69, 9.17) is 4.74 Å². The highest BCUT2D eigenvalue weighted by Crippen LogP contribution is 2.20. The topological polar surface area (TPSA) is 143 Å². The molecule has 0 saturated carbocycles. The Morgan fingerprint density at radius 1 is 1.14 bits per heavy atom. The van der Waals surface area contributed by atoms with Gasteiger partial charge >= 0.3 is 17.2 Å². The second-order valence-electron chi connectivity index (χ2n) is 9.55. The average molecular weight is 488 g/mol. The summed E-state index contributed by atoms with van der Waals surface area (Å²) in [6, 6.07) is 4.84. The molecule has 1 aromatic heterocycles. The first kappa shape index (κ1) is 26.0. The van der Waals surface area contributed by atoms with E-state index in [0.717, 1.165) is 0 Å². The Labute approximate surface area is 202 Å². The van der Waals surface area contributed by atoms with Crippen LogP contribution in [0.15, 0.2) is 27.8 Å². The van der Waals surface area contributed by atoms with Gasteiger partial charge in [-0.25, -0.2) is 4.79 Å². The maximum Gasteiger partial charge on any atom is 0.407 e. The number of rotatable bonds is 6. The van der Waals surface area contributed by atoms with Gasteiger partial charge in [0.05, 0.1) is 17.0 Å². The lowest BCUT2D eigenvalue weighted by atomic mass is 9.96. The summed E-state index contributed by atoms with van der Waals surface area (Å²) < 4.78 is 6.51. The molecule has 0 spiro atoms. The van der Waals surface area contributed by atoms with Crippen molar-refractivity contribution in [3.05, 3.63) is 44.5 Å². The molecule has 3 amide bonds. The van der Waals surface area contributed by atoms with Gasteiger partial charge in [0, 0.05) is 38.3 Å². The monoisotopic (exact) mass is 487 g/mol. The maximum atomic E-state index is 13.1. The number of carbonyl (C=O) groups excluding carboxylic acids is 3. The molecule has 11 nitrogen and oxygen atoms in total. The summed E-state index contributed by atoms with van der Waals surface area (Å²) in [5, 5.41) is 5.39. The van der Waals surface area contributed by atoms with E-state index >= 15 is 0 Å². The molecule has 11 heteroatoms. The maximum absolute atomic E-state index is 13.1. The van der Waals surface area contributed by atoms with Crippen LogP contribution in [0.2, 0.25) is 0 Å². The highest BCUT2D eigenvalue weighted by molar-refractivity contribution is 5.97. The first-order chi connectivity index (χ1) is 16.5. The lowest BCUT2D eigenvalue weighted by molar-refractivity contribution is -0.126. The van der Waals surface area contributed by atoms with E-state index in [1.807, 2.05) is 0 Å². The van der Waals surface area contributed by atoms with Crippen LogP contribution in [0.25, 0.3) is 11.0 Å². The average Bonchev–Trinajstić information content (AvgIpc) is 2.80. The standard InChI is InChI=1S/C24H33N5O6/c1-5-29-18-9-8-15(13-17(18)27-20(31)22(29)33)21(32)28-12-6-7-16(14-28)19(30)25-10-11-26-23(34)35-24(2,3)4/h8-9,13,16H,5-7,10-12,14H2,1-4H3,(H,25,30)(H,26,34)(H,27,31). The molecule has 1 atom stereocenters. The third-order valence-corrected chi connectivity index (χ3v) is 5.71. The van der Waals surface area contributed by atoms with E-state index in [-0.39, 0.29) is 37.4 Å². The van der Waals surface area contributed by atoms with Gasteiger partial charge in [-0.1, -0.05) is 0 Å². The number of aromatic amines is 1. The lowest BCUT2D eigenvalue weighted by Crippen LogP contribution is -2.46. The zero-order chi connectivity index (χ0) is 25.8. The Morgan fingerprint density at radius 2 is 1.86 bits per heavy atom. The van der Waals surface area contributed by atoms with Gasteiger partial charge in [0.25, 0.3) is 5.91 Å². The normalized spacial score (nSPS) is 16.1. The molecule has 1 saturated heterocycles. The van der Waals surface area contributed by atoms with Crippen LogP contribution >= 0.6 is 0 Å². The SMILES string of the molecule is CCn1c(=O)c(=O)[nH]c2cc(C(=O)N3CCCC(C(=O)NCCNC(=O)OC(C)(C)C)C3)ccc21. The second kappa shape index (κ2) is 10.7. The minimum absolute atomic E-state index is 0.178. The second-order valence-corrected chi connectivity index (χ2v) is 9.55. The van der Waals surface area contributed by atoms with Gasteiger partial charge in [-0.05, 0) is 58.7 Å². The predicted octanol–water partition coefficient (Wildman–Crippen LogP) is 1.20. The number of nitrogens with one attached hydrogen (secondary N) is 3. The van der Waals surface area contributed by atoms with Gasteiger partial charge in [0.15, 0.2) is 0 Å². The number of alkyl carbamates (subject to hydrolysis) is 1. The molecule has 3 rings (SSSR count). The zero-order valence-corrected chi connectivity index (χ0v) is 20.6. The third-order valence-electron chi connectivity index (χ3n) is 5.71. The molecule has 2 aromatic rings. The van der Waals surface area contributed by atoms with E-state index in [1.165, 1.54) is 4.57 Å². The van der Waals surface area contributed by atoms with Crippen LogP contribution in [-0.4, -0.2) is 64.1 Å². The van der Waals surface area contributed by atoms with Gasteiger partial charge in [-0.2, -0.15) is 0 Å². The van der Waals surface area contributed by atoms with Crippen LogP contribution in [-0.2, 0) is 16.1 Å². The molecule has 1 aliphatic rings. The summed E-state index contributed by atoms with van der Waals surface area (Å²) in [6.07, 6.45) is 0.789. The molecule has 190 valence electrons. The molecule has 0 bridgehead atoms. The summed E-state index contributed by atoms with van der Waals surface area (Å²) in [4.78, 5) is 65.6. The van der Waals surface area contributed by atoms with Crippen LogP contribution in [0, 0.1) is 5.92 Å². The number of amides is 3. The van der Waals surface area contributed by atoms with Crippen LogP contribution in [0.3, 0.4) is 0 Å². The number of hydrogen-bond acceptors (Lipinski definition) is 6. The van der Waals surface area contributed by atoms with E-state index in [0.29, 0.717) is 42.5 Å². The highest BCUT2D eigenvalue weighted by Gasteiger charge is 2.29. The molecular weight excluding hydrogens is 454 g/mol. The Kier molecular flexibility index (Phi) is 7.98. The van der Waals surface area contributed by atoms with E-state index in [9.17, 15) is 24.0 Å². The van der Waals surface area contributed by atoms with Crippen molar-refractivity contribution in [1.82, 2.24) is 25.1 Å². The summed E-state index contributed by atoms with van der Waals surface area (Å²) in [5.74, 6) is -0.783. The minimum atomic E-state index is -0.736. The zero-order valence-electron chi connectivity index (χ0n) is 20.6. The number of likely N-dealkylation sites (tertiary alicyclic amines) is 1. The van der Waals surface area contributed by atoms with E-state index in [1.54, 1.807) is 50.8 Å². The molecule has 35 heavy (non-hydrogen) atoms. The summed E-state index contributed by atoms with van der Waals surface area (Å²) in [5.41, 5.74) is -0.639. The summed E-state index contributed by atoms with van der Waals surface area (Å²) in [6.45, 7) is 8.68. The number of benzene rings is 1. The molecule has 3 N–H and O–H groups in total. The first-order valence-electron chi connectivity index (χ1n) is 11.8. The van der Waals surface area contributed by atoms with Crippen molar-refractivity contribution in [2.45, 2.75) is 52.7 Å². The molecule has 2 heterocycles. The number of H-pyrrole nitrogens is 1. The van der Waals surface area contributed by atoms with Crippen molar-refractivity contribution in [2.75, 3.05) is 26.2 Å². The largest absolute Gasteiger partial charge is 0.444 e. The molecule has 1 unspecified atom stereocenters. The minimum Gasteiger partial charge on any atom is -0.444 e. The smallest absolute Gasteiger partial charge is 0.407 e. The molecule has 1 fully saturated rings. The van der Waals surface area contributed by atoms with E-state index < -0.39 is 22.8 Å². The number of ether oxygens (including phenoxy) is 1. The fourth-order valence-corrected chi connectivity index (χ4v) is 4.09. The van der Waals surface area contributed by atoms with Gasteiger partial charge in [-0.3, -0.25) is 19.2 Å².